The number of nitrogens with one attached hydrogen (secondary N) is 2. The first-order valence-corrected chi connectivity index (χ1v) is 8.42. The van der Waals surface area contributed by atoms with E-state index in [1.165, 1.54) is 0 Å². The maximum absolute atomic E-state index is 12.3. The van der Waals surface area contributed by atoms with Gasteiger partial charge in [0.1, 0.15) is 5.69 Å². The number of aryl methyl sites for hydroxylation is 2. The summed E-state index contributed by atoms with van der Waals surface area (Å²) in [5.74, 6) is -0.174. The molecule has 0 aliphatic carbocycles. The van der Waals surface area contributed by atoms with E-state index in [0.717, 1.165) is 34.6 Å². The van der Waals surface area contributed by atoms with E-state index < -0.39 is 0 Å². The van der Waals surface area contributed by atoms with Crippen molar-refractivity contribution in [1.82, 2.24) is 25.3 Å². The van der Waals surface area contributed by atoms with Crippen molar-refractivity contribution < 1.29 is 4.79 Å². The van der Waals surface area contributed by atoms with Crippen LogP contribution in [0.4, 0.5) is 0 Å². The van der Waals surface area contributed by atoms with Crippen molar-refractivity contribution in [2.45, 2.75) is 20.3 Å². The van der Waals surface area contributed by atoms with Crippen LogP contribution in [0.1, 0.15) is 27.4 Å². The SMILES string of the molecule is Cc1nn(C)c(C)c1-c1cc(C(=O)NCCc2ccc(Cl)cc2)[nH]n1. The fourth-order valence-electron chi connectivity index (χ4n) is 2.78. The first-order chi connectivity index (χ1) is 12.0. The average Bonchev–Trinajstić information content (AvgIpc) is 3.14. The number of hydrogen-bond donors (Lipinski definition) is 2. The van der Waals surface area contributed by atoms with Gasteiger partial charge in [0.15, 0.2) is 0 Å². The zero-order chi connectivity index (χ0) is 18.0. The van der Waals surface area contributed by atoms with Gasteiger partial charge in [-0.15, -0.1) is 0 Å². The van der Waals surface area contributed by atoms with Crippen molar-refractivity contribution in [3.05, 3.63) is 58.0 Å². The molecular formula is C18H20ClN5O. The average molecular weight is 358 g/mol. The van der Waals surface area contributed by atoms with E-state index in [4.69, 9.17) is 11.6 Å². The first-order valence-electron chi connectivity index (χ1n) is 8.04. The number of halogens is 1. The molecule has 1 amide bonds. The fraction of sp³-hybridized carbons (Fsp3) is 0.278. The van der Waals surface area contributed by atoms with Gasteiger partial charge in [-0.3, -0.25) is 14.6 Å². The molecule has 2 N–H and O–H groups in total. The second-order valence-corrected chi connectivity index (χ2v) is 6.41. The summed E-state index contributed by atoms with van der Waals surface area (Å²) in [6.07, 6.45) is 0.741. The molecule has 0 fully saturated rings. The zero-order valence-electron chi connectivity index (χ0n) is 14.4. The Morgan fingerprint density at radius 3 is 2.64 bits per heavy atom. The van der Waals surface area contributed by atoms with Crippen LogP contribution in [-0.2, 0) is 13.5 Å². The highest BCUT2D eigenvalue weighted by molar-refractivity contribution is 6.30. The molecule has 6 nitrogen and oxygen atoms in total. The zero-order valence-corrected chi connectivity index (χ0v) is 15.2. The van der Waals surface area contributed by atoms with Crippen LogP contribution in [0.5, 0.6) is 0 Å². The first kappa shape index (κ1) is 17.2. The molecule has 0 bridgehead atoms. The second-order valence-electron chi connectivity index (χ2n) is 5.97. The van der Waals surface area contributed by atoms with E-state index >= 15 is 0 Å². The van der Waals surface area contributed by atoms with Gasteiger partial charge in [-0.25, -0.2) is 0 Å². The number of aromatic amines is 1. The third kappa shape index (κ3) is 3.74. The molecule has 0 aliphatic heterocycles. The lowest BCUT2D eigenvalue weighted by atomic mass is 10.1. The molecular weight excluding hydrogens is 338 g/mol. The van der Waals surface area contributed by atoms with Crippen molar-refractivity contribution >= 4 is 17.5 Å². The highest BCUT2D eigenvalue weighted by atomic mass is 35.5. The topological polar surface area (TPSA) is 75.6 Å². The molecule has 3 rings (SSSR count). The molecule has 0 radical (unpaired) electrons. The van der Waals surface area contributed by atoms with Gasteiger partial charge in [0.05, 0.1) is 11.4 Å². The van der Waals surface area contributed by atoms with Gasteiger partial charge in [0.2, 0.25) is 0 Å². The predicted molar refractivity (Wildman–Crippen MR) is 97.8 cm³/mol. The maximum atomic E-state index is 12.3. The molecule has 0 saturated carbocycles. The van der Waals surface area contributed by atoms with Crippen LogP contribution in [0.15, 0.2) is 30.3 Å². The van der Waals surface area contributed by atoms with E-state index in [-0.39, 0.29) is 5.91 Å². The Balaban J connectivity index is 1.63. The number of H-pyrrole nitrogens is 1. The Bertz CT molecular complexity index is 895. The van der Waals surface area contributed by atoms with E-state index in [2.05, 4.69) is 20.6 Å². The molecule has 0 aliphatic rings. The van der Waals surface area contributed by atoms with Gasteiger partial charge >= 0.3 is 0 Å². The minimum atomic E-state index is -0.174. The highest BCUT2D eigenvalue weighted by Crippen LogP contribution is 2.25. The normalized spacial score (nSPS) is 10.9. The number of aromatic nitrogens is 4. The smallest absolute Gasteiger partial charge is 0.269 e. The lowest BCUT2D eigenvalue weighted by Gasteiger charge is -2.04. The third-order valence-corrected chi connectivity index (χ3v) is 4.45. The lowest BCUT2D eigenvalue weighted by Crippen LogP contribution is -2.26. The van der Waals surface area contributed by atoms with Gasteiger partial charge in [0, 0.05) is 29.9 Å². The van der Waals surface area contributed by atoms with Crippen LogP contribution in [-0.4, -0.2) is 32.4 Å². The monoisotopic (exact) mass is 357 g/mol. The standard InChI is InChI=1S/C18H20ClN5O/c1-11-17(12(2)24(3)23-11)15-10-16(22-21-15)18(25)20-9-8-13-4-6-14(19)7-5-13/h4-7,10H,8-9H2,1-3H3,(H,20,25)(H,21,22). The number of carbonyl (C=O) groups excluding carboxylic acids is 1. The number of rotatable bonds is 5. The van der Waals surface area contributed by atoms with Crippen molar-refractivity contribution in [1.29, 1.82) is 0 Å². The molecule has 1 aromatic carbocycles. The van der Waals surface area contributed by atoms with Crippen LogP contribution < -0.4 is 5.32 Å². The summed E-state index contributed by atoms with van der Waals surface area (Å²) < 4.78 is 1.81. The summed E-state index contributed by atoms with van der Waals surface area (Å²) in [6, 6.07) is 9.36. The van der Waals surface area contributed by atoms with Gasteiger partial charge in [0.25, 0.3) is 5.91 Å². The van der Waals surface area contributed by atoms with Gasteiger partial charge in [-0.1, -0.05) is 23.7 Å². The quantitative estimate of drug-likeness (QED) is 0.736. The molecule has 2 aromatic heterocycles. The molecule has 0 spiro atoms. The fourth-order valence-corrected chi connectivity index (χ4v) is 2.90. The molecule has 0 atom stereocenters. The predicted octanol–water partition coefficient (Wildman–Crippen LogP) is 3.05. The minimum absolute atomic E-state index is 0.174. The van der Waals surface area contributed by atoms with Crippen LogP contribution in [0.3, 0.4) is 0 Å². The number of benzene rings is 1. The van der Waals surface area contributed by atoms with E-state index in [1.54, 1.807) is 6.07 Å². The lowest BCUT2D eigenvalue weighted by molar-refractivity contribution is 0.0949. The van der Waals surface area contributed by atoms with Crippen LogP contribution in [0.2, 0.25) is 5.02 Å². The van der Waals surface area contributed by atoms with Gasteiger partial charge in [-0.05, 0) is 44.0 Å². The van der Waals surface area contributed by atoms with Crippen molar-refractivity contribution in [2.24, 2.45) is 7.05 Å². The number of amides is 1. The summed E-state index contributed by atoms with van der Waals surface area (Å²) in [5, 5.41) is 15.1. The second kappa shape index (κ2) is 7.11. The van der Waals surface area contributed by atoms with Gasteiger partial charge < -0.3 is 5.32 Å². The molecule has 0 saturated heterocycles. The Labute approximate surface area is 151 Å². The Hall–Kier alpha value is -2.60. The maximum Gasteiger partial charge on any atom is 0.269 e. The van der Waals surface area contributed by atoms with Crippen LogP contribution >= 0.6 is 11.6 Å². The summed E-state index contributed by atoms with van der Waals surface area (Å²) in [4.78, 5) is 12.3. The van der Waals surface area contributed by atoms with Crippen molar-refractivity contribution in [3.8, 4) is 11.3 Å². The molecule has 130 valence electrons. The van der Waals surface area contributed by atoms with E-state index in [0.29, 0.717) is 17.3 Å². The Kier molecular flexibility index (Phi) is 4.90. The number of hydrogen-bond acceptors (Lipinski definition) is 3. The largest absolute Gasteiger partial charge is 0.350 e. The van der Waals surface area contributed by atoms with E-state index in [1.807, 2.05) is 49.8 Å². The molecule has 7 heteroatoms. The van der Waals surface area contributed by atoms with Crippen molar-refractivity contribution in [2.75, 3.05) is 6.54 Å². The summed E-state index contributed by atoms with van der Waals surface area (Å²) in [7, 11) is 1.89. The summed E-state index contributed by atoms with van der Waals surface area (Å²) in [6.45, 7) is 4.46. The third-order valence-electron chi connectivity index (χ3n) is 4.20. The van der Waals surface area contributed by atoms with Gasteiger partial charge in [-0.2, -0.15) is 10.2 Å². The van der Waals surface area contributed by atoms with Crippen LogP contribution in [0, 0.1) is 13.8 Å². The van der Waals surface area contributed by atoms with E-state index in [9.17, 15) is 4.79 Å². The summed E-state index contributed by atoms with van der Waals surface area (Å²) >= 11 is 5.87. The Morgan fingerprint density at radius 1 is 1.28 bits per heavy atom. The number of nitrogens with zero attached hydrogens (tertiary/aromatic N) is 3. The molecule has 2 heterocycles. The Morgan fingerprint density at radius 2 is 2.00 bits per heavy atom. The molecule has 25 heavy (non-hydrogen) atoms. The van der Waals surface area contributed by atoms with Crippen LogP contribution in [0.25, 0.3) is 11.3 Å². The molecule has 0 unspecified atom stereocenters. The summed E-state index contributed by atoms with van der Waals surface area (Å²) in [5.41, 5.74) is 5.15. The number of carbonyl (C=O) groups is 1. The minimum Gasteiger partial charge on any atom is -0.350 e. The van der Waals surface area contributed by atoms with Crippen molar-refractivity contribution in [3.63, 3.8) is 0 Å². The molecule has 3 aromatic rings. The highest BCUT2D eigenvalue weighted by Gasteiger charge is 2.16.